The summed E-state index contributed by atoms with van der Waals surface area (Å²) >= 11 is 0. The molecule has 1 aliphatic heterocycles. The average molecular weight is 254 g/mol. The van der Waals surface area contributed by atoms with Crippen molar-refractivity contribution in [2.75, 3.05) is 19.6 Å². The third-order valence-corrected chi connectivity index (χ3v) is 4.77. The third kappa shape index (κ3) is 4.55. The van der Waals surface area contributed by atoms with Crippen LogP contribution in [0.15, 0.2) is 0 Å². The van der Waals surface area contributed by atoms with Crippen LogP contribution in [0.4, 0.5) is 0 Å². The quantitative estimate of drug-likeness (QED) is 0.778. The van der Waals surface area contributed by atoms with Gasteiger partial charge in [0.25, 0.3) is 0 Å². The Morgan fingerprint density at radius 3 is 2.33 bits per heavy atom. The molecule has 1 unspecified atom stereocenters. The molecule has 2 nitrogen and oxygen atoms in total. The average Bonchev–Trinajstić information content (AvgIpc) is 2.59. The van der Waals surface area contributed by atoms with Gasteiger partial charge in [-0.1, -0.05) is 27.7 Å². The van der Waals surface area contributed by atoms with E-state index < -0.39 is 0 Å². The van der Waals surface area contributed by atoms with Gasteiger partial charge in [-0.2, -0.15) is 0 Å². The van der Waals surface area contributed by atoms with Gasteiger partial charge in [0, 0.05) is 18.1 Å². The van der Waals surface area contributed by atoms with Crippen molar-refractivity contribution in [2.24, 2.45) is 5.92 Å². The molecule has 2 heteroatoms. The Labute approximate surface area is 115 Å². The number of hydrogen-bond acceptors (Lipinski definition) is 2. The van der Waals surface area contributed by atoms with E-state index >= 15 is 0 Å². The van der Waals surface area contributed by atoms with Gasteiger partial charge < -0.3 is 5.32 Å². The molecule has 1 N–H and O–H groups in total. The molecule has 0 aliphatic carbocycles. The lowest BCUT2D eigenvalue weighted by Crippen LogP contribution is -2.52. The Morgan fingerprint density at radius 2 is 1.78 bits per heavy atom. The monoisotopic (exact) mass is 254 g/mol. The smallest absolute Gasteiger partial charge is 0.0303 e. The largest absolute Gasteiger partial charge is 0.310 e. The van der Waals surface area contributed by atoms with Crippen LogP contribution in [0.1, 0.15) is 66.7 Å². The van der Waals surface area contributed by atoms with E-state index in [4.69, 9.17) is 0 Å². The van der Waals surface area contributed by atoms with E-state index in [-0.39, 0.29) is 0 Å². The highest BCUT2D eigenvalue weighted by Gasteiger charge is 2.31. The van der Waals surface area contributed by atoms with Crippen molar-refractivity contribution >= 4 is 0 Å². The van der Waals surface area contributed by atoms with Gasteiger partial charge in [-0.15, -0.1) is 0 Å². The SMILES string of the molecule is CCC1(CC)CN(C(C)CCC(C)C)CCCN1. The zero-order chi connectivity index (χ0) is 13.6. The zero-order valence-corrected chi connectivity index (χ0v) is 13.3. The Bertz CT molecular complexity index is 221. The standard InChI is InChI=1S/C16H34N2/c1-6-16(7-2)13-18(12-8-11-17-16)15(5)10-9-14(3)4/h14-15,17H,6-13H2,1-5H3. The van der Waals surface area contributed by atoms with Crippen LogP contribution in [0.5, 0.6) is 0 Å². The molecule has 108 valence electrons. The predicted octanol–water partition coefficient (Wildman–Crippen LogP) is 3.67. The molecule has 1 saturated heterocycles. The molecule has 1 heterocycles. The van der Waals surface area contributed by atoms with E-state index in [2.05, 4.69) is 44.8 Å². The normalized spacial score (nSPS) is 23.0. The van der Waals surface area contributed by atoms with E-state index in [9.17, 15) is 0 Å². The second-order valence-corrected chi connectivity index (χ2v) is 6.56. The maximum Gasteiger partial charge on any atom is 0.0303 e. The van der Waals surface area contributed by atoms with Gasteiger partial charge in [0.05, 0.1) is 0 Å². The first-order valence-corrected chi connectivity index (χ1v) is 8.02. The minimum Gasteiger partial charge on any atom is -0.310 e. The second-order valence-electron chi connectivity index (χ2n) is 6.56. The lowest BCUT2D eigenvalue weighted by molar-refractivity contribution is 0.147. The fraction of sp³-hybridized carbons (Fsp3) is 1.00. The van der Waals surface area contributed by atoms with E-state index in [0.717, 1.165) is 12.0 Å². The molecule has 0 radical (unpaired) electrons. The Hall–Kier alpha value is -0.0800. The summed E-state index contributed by atoms with van der Waals surface area (Å²) in [5.74, 6) is 0.833. The minimum absolute atomic E-state index is 0.364. The summed E-state index contributed by atoms with van der Waals surface area (Å²) in [7, 11) is 0. The minimum atomic E-state index is 0.364. The van der Waals surface area contributed by atoms with E-state index in [1.54, 1.807) is 0 Å². The van der Waals surface area contributed by atoms with Crippen LogP contribution < -0.4 is 5.32 Å². The van der Waals surface area contributed by atoms with Crippen LogP contribution in [0.25, 0.3) is 0 Å². The lowest BCUT2D eigenvalue weighted by atomic mass is 9.91. The van der Waals surface area contributed by atoms with Crippen LogP contribution >= 0.6 is 0 Å². The van der Waals surface area contributed by atoms with E-state index in [0.29, 0.717) is 5.54 Å². The summed E-state index contributed by atoms with van der Waals surface area (Å²) in [6, 6.07) is 0.741. The van der Waals surface area contributed by atoms with Gasteiger partial charge >= 0.3 is 0 Å². The maximum atomic E-state index is 3.80. The van der Waals surface area contributed by atoms with Crippen molar-refractivity contribution in [1.82, 2.24) is 10.2 Å². The molecule has 0 aromatic carbocycles. The van der Waals surface area contributed by atoms with Gasteiger partial charge in [0.15, 0.2) is 0 Å². The van der Waals surface area contributed by atoms with Crippen molar-refractivity contribution in [3.8, 4) is 0 Å². The summed E-state index contributed by atoms with van der Waals surface area (Å²) < 4.78 is 0. The van der Waals surface area contributed by atoms with E-state index in [1.165, 1.54) is 51.7 Å². The van der Waals surface area contributed by atoms with Crippen molar-refractivity contribution in [3.63, 3.8) is 0 Å². The van der Waals surface area contributed by atoms with Crippen molar-refractivity contribution in [3.05, 3.63) is 0 Å². The van der Waals surface area contributed by atoms with E-state index in [1.807, 2.05) is 0 Å². The second kappa shape index (κ2) is 7.49. The van der Waals surface area contributed by atoms with Crippen LogP contribution in [0.2, 0.25) is 0 Å². The van der Waals surface area contributed by atoms with Gasteiger partial charge in [0.1, 0.15) is 0 Å². The highest BCUT2D eigenvalue weighted by atomic mass is 15.2. The molecule has 0 spiro atoms. The Balaban J connectivity index is 2.57. The molecule has 0 aromatic rings. The topological polar surface area (TPSA) is 15.3 Å². The third-order valence-electron chi connectivity index (χ3n) is 4.77. The summed E-state index contributed by atoms with van der Waals surface area (Å²) in [5, 5.41) is 3.80. The molecular weight excluding hydrogens is 220 g/mol. The van der Waals surface area contributed by atoms with Gasteiger partial charge in [0.2, 0.25) is 0 Å². The molecule has 1 fully saturated rings. The summed E-state index contributed by atoms with van der Waals surface area (Å²) in [5.41, 5.74) is 0.364. The lowest BCUT2D eigenvalue weighted by Gasteiger charge is -2.38. The number of rotatable bonds is 6. The molecular formula is C16H34N2. The van der Waals surface area contributed by atoms with Crippen LogP contribution in [-0.4, -0.2) is 36.1 Å². The summed E-state index contributed by atoms with van der Waals surface area (Å²) in [4.78, 5) is 2.73. The Morgan fingerprint density at radius 1 is 1.11 bits per heavy atom. The maximum absolute atomic E-state index is 3.80. The molecule has 0 amide bonds. The van der Waals surface area contributed by atoms with Gasteiger partial charge in [-0.3, -0.25) is 4.90 Å². The number of nitrogens with one attached hydrogen (secondary N) is 1. The number of hydrogen-bond donors (Lipinski definition) is 1. The fourth-order valence-corrected chi connectivity index (χ4v) is 3.02. The first-order chi connectivity index (χ1) is 8.53. The van der Waals surface area contributed by atoms with Gasteiger partial charge in [-0.25, -0.2) is 0 Å². The number of nitrogens with zero attached hydrogens (tertiary/aromatic N) is 1. The molecule has 1 rings (SSSR count). The highest BCUT2D eigenvalue weighted by molar-refractivity contribution is 4.92. The first-order valence-electron chi connectivity index (χ1n) is 8.02. The van der Waals surface area contributed by atoms with Crippen LogP contribution in [0.3, 0.4) is 0 Å². The molecule has 0 bridgehead atoms. The highest BCUT2D eigenvalue weighted by Crippen LogP contribution is 2.22. The van der Waals surface area contributed by atoms with Crippen molar-refractivity contribution in [2.45, 2.75) is 78.3 Å². The summed E-state index contributed by atoms with van der Waals surface area (Å²) in [6.45, 7) is 15.4. The molecule has 0 saturated carbocycles. The molecule has 1 aliphatic rings. The van der Waals surface area contributed by atoms with Crippen LogP contribution in [-0.2, 0) is 0 Å². The first kappa shape index (κ1) is 16.0. The predicted molar refractivity (Wildman–Crippen MR) is 81.0 cm³/mol. The van der Waals surface area contributed by atoms with Gasteiger partial charge in [-0.05, 0) is 58.0 Å². The summed E-state index contributed by atoms with van der Waals surface area (Å²) in [6.07, 6.45) is 6.50. The van der Waals surface area contributed by atoms with Crippen LogP contribution in [0, 0.1) is 5.92 Å². The molecule has 0 aromatic heterocycles. The van der Waals surface area contributed by atoms with Crippen molar-refractivity contribution in [1.29, 1.82) is 0 Å². The Kier molecular flexibility index (Phi) is 6.65. The van der Waals surface area contributed by atoms with Crippen molar-refractivity contribution < 1.29 is 0 Å². The molecule has 18 heavy (non-hydrogen) atoms. The molecule has 1 atom stereocenters. The zero-order valence-electron chi connectivity index (χ0n) is 13.3. The fourth-order valence-electron chi connectivity index (χ4n) is 3.02.